The van der Waals surface area contributed by atoms with Crippen LogP contribution in [0.2, 0.25) is 0 Å². The molecular weight excluding hydrogens is 182 g/mol. The zero-order chi connectivity index (χ0) is 9.84. The molecule has 0 aliphatic heterocycles. The molecule has 3 nitrogen and oxygen atoms in total. The van der Waals surface area contributed by atoms with Crippen LogP contribution < -0.4 is 0 Å². The Morgan fingerprint density at radius 2 is 2.15 bits per heavy atom. The van der Waals surface area contributed by atoms with E-state index < -0.39 is 6.61 Å². The Morgan fingerprint density at radius 1 is 1.54 bits per heavy atom. The van der Waals surface area contributed by atoms with Gasteiger partial charge in [-0.05, 0) is 18.8 Å². The average molecular weight is 194 g/mol. The van der Waals surface area contributed by atoms with Gasteiger partial charge in [0.1, 0.15) is 0 Å². The van der Waals surface area contributed by atoms with Crippen molar-refractivity contribution in [3.63, 3.8) is 0 Å². The standard InChI is InChI=1S/C8H12F2O3/c1-12-7(11)4-5-2-6(3-5)13-8(9)10/h5-6,8H,2-4H2,1H3. The molecule has 0 amide bonds. The van der Waals surface area contributed by atoms with Gasteiger partial charge in [0, 0.05) is 6.42 Å². The lowest BCUT2D eigenvalue weighted by molar-refractivity contribution is -0.192. The highest BCUT2D eigenvalue weighted by atomic mass is 19.3. The fraction of sp³-hybridized carbons (Fsp3) is 0.875. The maximum Gasteiger partial charge on any atom is 0.345 e. The van der Waals surface area contributed by atoms with E-state index in [1.807, 2.05) is 0 Å². The summed E-state index contributed by atoms with van der Waals surface area (Å²) >= 11 is 0. The summed E-state index contributed by atoms with van der Waals surface area (Å²) in [7, 11) is 1.31. The van der Waals surface area contributed by atoms with Crippen molar-refractivity contribution < 1.29 is 23.0 Å². The quantitative estimate of drug-likeness (QED) is 0.637. The molecule has 0 aromatic rings. The van der Waals surface area contributed by atoms with Crippen molar-refractivity contribution in [2.75, 3.05) is 7.11 Å². The maximum absolute atomic E-state index is 11.6. The van der Waals surface area contributed by atoms with Gasteiger partial charge in [-0.25, -0.2) is 0 Å². The summed E-state index contributed by atoms with van der Waals surface area (Å²) in [5.41, 5.74) is 0. The van der Waals surface area contributed by atoms with E-state index >= 15 is 0 Å². The minimum atomic E-state index is -2.70. The first-order chi connectivity index (χ1) is 6.11. The number of ether oxygens (including phenoxy) is 2. The van der Waals surface area contributed by atoms with Crippen molar-refractivity contribution in [2.24, 2.45) is 5.92 Å². The van der Waals surface area contributed by atoms with E-state index in [9.17, 15) is 13.6 Å². The first kappa shape index (κ1) is 10.4. The summed E-state index contributed by atoms with van der Waals surface area (Å²) in [5, 5.41) is 0. The van der Waals surface area contributed by atoms with Crippen molar-refractivity contribution in [3.8, 4) is 0 Å². The summed E-state index contributed by atoms with van der Waals surface area (Å²) < 4.78 is 32.0. The first-order valence-corrected chi connectivity index (χ1v) is 4.12. The smallest absolute Gasteiger partial charge is 0.345 e. The van der Waals surface area contributed by atoms with Crippen molar-refractivity contribution in [1.82, 2.24) is 0 Å². The topological polar surface area (TPSA) is 35.5 Å². The second kappa shape index (κ2) is 4.50. The van der Waals surface area contributed by atoms with Gasteiger partial charge in [-0.15, -0.1) is 0 Å². The molecule has 5 heteroatoms. The first-order valence-electron chi connectivity index (χ1n) is 4.12. The molecule has 13 heavy (non-hydrogen) atoms. The summed E-state index contributed by atoms with van der Waals surface area (Å²) in [6.07, 6.45) is 0.980. The highest BCUT2D eigenvalue weighted by molar-refractivity contribution is 5.69. The van der Waals surface area contributed by atoms with Crippen molar-refractivity contribution in [2.45, 2.75) is 32.0 Å². The predicted octanol–water partition coefficient (Wildman–Crippen LogP) is 1.57. The van der Waals surface area contributed by atoms with Gasteiger partial charge in [0.15, 0.2) is 0 Å². The molecule has 0 aromatic heterocycles. The Bertz CT molecular complexity index is 178. The van der Waals surface area contributed by atoms with Gasteiger partial charge < -0.3 is 9.47 Å². The van der Waals surface area contributed by atoms with Crippen LogP contribution in [0.5, 0.6) is 0 Å². The van der Waals surface area contributed by atoms with E-state index in [1.165, 1.54) is 7.11 Å². The monoisotopic (exact) mass is 194 g/mol. The Kier molecular flexibility index (Phi) is 3.59. The third kappa shape index (κ3) is 3.26. The van der Waals surface area contributed by atoms with Crippen LogP contribution in [0.4, 0.5) is 8.78 Å². The molecule has 0 heterocycles. The molecule has 1 saturated carbocycles. The predicted molar refractivity (Wildman–Crippen MR) is 40.2 cm³/mol. The molecule has 1 aliphatic carbocycles. The number of rotatable bonds is 4. The molecule has 0 unspecified atom stereocenters. The van der Waals surface area contributed by atoms with Gasteiger partial charge in [0.25, 0.3) is 0 Å². The maximum atomic E-state index is 11.6. The molecule has 0 saturated heterocycles. The number of halogens is 2. The van der Waals surface area contributed by atoms with Crippen LogP contribution in [0.1, 0.15) is 19.3 Å². The number of hydrogen-bond donors (Lipinski definition) is 0. The number of hydrogen-bond acceptors (Lipinski definition) is 3. The molecule has 1 fully saturated rings. The number of methoxy groups -OCH3 is 1. The lowest BCUT2D eigenvalue weighted by Crippen LogP contribution is -2.34. The van der Waals surface area contributed by atoms with E-state index in [4.69, 9.17) is 0 Å². The molecule has 0 spiro atoms. The van der Waals surface area contributed by atoms with Crippen LogP contribution >= 0.6 is 0 Å². The van der Waals surface area contributed by atoms with Gasteiger partial charge in [-0.1, -0.05) is 0 Å². The molecule has 76 valence electrons. The molecule has 0 radical (unpaired) electrons. The Hall–Kier alpha value is -0.710. The SMILES string of the molecule is COC(=O)CC1CC(OC(F)F)C1. The van der Waals surface area contributed by atoms with Crippen LogP contribution in [0, 0.1) is 5.92 Å². The summed E-state index contributed by atoms with van der Waals surface area (Å²) in [6, 6.07) is 0. The molecule has 0 bridgehead atoms. The van der Waals surface area contributed by atoms with Crippen LogP contribution in [0.3, 0.4) is 0 Å². The Balaban J connectivity index is 2.08. The van der Waals surface area contributed by atoms with Crippen molar-refractivity contribution in [3.05, 3.63) is 0 Å². The van der Waals surface area contributed by atoms with E-state index in [-0.39, 0.29) is 18.0 Å². The second-order valence-corrected chi connectivity index (χ2v) is 3.14. The van der Waals surface area contributed by atoms with Crippen LogP contribution in [-0.4, -0.2) is 25.8 Å². The average Bonchev–Trinajstić information content (AvgIpc) is 1.99. The van der Waals surface area contributed by atoms with E-state index in [0.29, 0.717) is 19.3 Å². The lowest BCUT2D eigenvalue weighted by atomic mass is 9.80. The number of esters is 1. The van der Waals surface area contributed by atoms with E-state index in [0.717, 1.165) is 0 Å². The van der Waals surface area contributed by atoms with E-state index in [2.05, 4.69) is 9.47 Å². The fourth-order valence-corrected chi connectivity index (χ4v) is 1.42. The van der Waals surface area contributed by atoms with Crippen molar-refractivity contribution >= 4 is 5.97 Å². The minimum Gasteiger partial charge on any atom is -0.469 e. The normalized spacial score (nSPS) is 27.1. The third-order valence-corrected chi connectivity index (χ3v) is 2.17. The molecular formula is C8H12F2O3. The summed E-state index contributed by atoms with van der Waals surface area (Å²) in [6.45, 7) is -2.70. The van der Waals surface area contributed by atoms with E-state index in [1.54, 1.807) is 0 Å². The third-order valence-electron chi connectivity index (χ3n) is 2.17. The van der Waals surface area contributed by atoms with Crippen LogP contribution in [0.15, 0.2) is 0 Å². The molecule has 0 N–H and O–H groups in total. The number of alkyl halides is 2. The van der Waals surface area contributed by atoms with Crippen LogP contribution in [0.25, 0.3) is 0 Å². The minimum absolute atomic E-state index is 0.149. The largest absolute Gasteiger partial charge is 0.469 e. The number of carbonyl (C=O) groups excluding carboxylic acids is 1. The summed E-state index contributed by atoms with van der Waals surface area (Å²) in [4.78, 5) is 10.7. The van der Waals surface area contributed by atoms with Gasteiger partial charge in [-0.2, -0.15) is 8.78 Å². The zero-order valence-corrected chi connectivity index (χ0v) is 7.33. The molecule has 1 rings (SSSR count). The summed E-state index contributed by atoms with van der Waals surface area (Å²) in [5.74, 6) is -0.142. The number of carbonyl (C=O) groups is 1. The van der Waals surface area contributed by atoms with Gasteiger partial charge in [-0.3, -0.25) is 4.79 Å². The highest BCUT2D eigenvalue weighted by Gasteiger charge is 2.33. The van der Waals surface area contributed by atoms with Crippen LogP contribution in [-0.2, 0) is 14.3 Å². The van der Waals surface area contributed by atoms with Gasteiger partial charge >= 0.3 is 12.6 Å². The highest BCUT2D eigenvalue weighted by Crippen LogP contribution is 2.33. The van der Waals surface area contributed by atoms with Gasteiger partial charge in [0.05, 0.1) is 13.2 Å². The lowest BCUT2D eigenvalue weighted by Gasteiger charge is -2.33. The van der Waals surface area contributed by atoms with Crippen molar-refractivity contribution in [1.29, 1.82) is 0 Å². The molecule has 0 aromatic carbocycles. The van der Waals surface area contributed by atoms with Gasteiger partial charge in [0.2, 0.25) is 0 Å². The fourth-order valence-electron chi connectivity index (χ4n) is 1.42. The molecule has 1 aliphatic rings. The second-order valence-electron chi connectivity index (χ2n) is 3.14. The Morgan fingerprint density at radius 3 is 2.62 bits per heavy atom. The molecule has 0 atom stereocenters. The zero-order valence-electron chi connectivity index (χ0n) is 7.33. The Labute approximate surface area is 75.0 Å².